The van der Waals surface area contributed by atoms with Gasteiger partial charge in [0.2, 0.25) is 5.91 Å². The SMILES string of the molecule is CCCCN1C(=O)CNCC1(CCCC)C(=O)O. The standard InChI is InChI=1S/C13H24N2O3/c1-3-5-7-13(12(17)18)10-14-9-11(16)15(13)8-6-4-2/h14H,3-10H2,1-2H3,(H,17,18). The number of carbonyl (C=O) groups is 2. The van der Waals surface area contributed by atoms with E-state index in [1.807, 2.05) is 13.8 Å². The Kier molecular flexibility index (Phi) is 5.59. The van der Waals surface area contributed by atoms with Gasteiger partial charge in [-0.15, -0.1) is 0 Å². The van der Waals surface area contributed by atoms with Crippen LogP contribution < -0.4 is 5.32 Å². The van der Waals surface area contributed by atoms with Crippen molar-refractivity contribution in [3.63, 3.8) is 0 Å². The Morgan fingerprint density at radius 3 is 2.61 bits per heavy atom. The number of carboxylic acid groups (broad SMARTS) is 1. The molecule has 0 saturated carbocycles. The molecular formula is C13H24N2O3. The molecule has 0 bridgehead atoms. The Bertz CT molecular complexity index is 305. The van der Waals surface area contributed by atoms with E-state index in [1.54, 1.807) is 4.90 Å². The number of piperazine rings is 1. The van der Waals surface area contributed by atoms with Crippen LogP contribution in [0.4, 0.5) is 0 Å². The largest absolute Gasteiger partial charge is 0.479 e. The highest BCUT2D eigenvalue weighted by molar-refractivity contribution is 5.89. The fourth-order valence-electron chi connectivity index (χ4n) is 2.45. The van der Waals surface area contributed by atoms with Gasteiger partial charge < -0.3 is 15.3 Å². The number of hydrogen-bond donors (Lipinski definition) is 2. The summed E-state index contributed by atoms with van der Waals surface area (Å²) in [5, 5.41) is 12.5. The summed E-state index contributed by atoms with van der Waals surface area (Å²) in [6.07, 6.45) is 4.10. The molecule has 18 heavy (non-hydrogen) atoms. The minimum Gasteiger partial charge on any atom is -0.479 e. The molecule has 104 valence electrons. The lowest BCUT2D eigenvalue weighted by atomic mass is 9.88. The van der Waals surface area contributed by atoms with Crippen molar-refractivity contribution in [2.75, 3.05) is 19.6 Å². The van der Waals surface area contributed by atoms with Gasteiger partial charge in [0, 0.05) is 13.1 Å². The van der Waals surface area contributed by atoms with E-state index in [1.165, 1.54) is 0 Å². The average Bonchev–Trinajstić information content (AvgIpc) is 2.35. The van der Waals surface area contributed by atoms with Crippen molar-refractivity contribution < 1.29 is 14.7 Å². The molecule has 0 aliphatic carbocycles. The van der Waals surface area contributed by atoms with E-state index in [4.69, 9.17) is 0 Å². The molecule has 0 spiro atoms. The van der Waals surface area contributed by atoms with Gasteiger partial charge in [-0.2, -0.15) is 0 Å². The summed E-state index contributed by atoms with van der Waals surface area (Å²) in [5.74, 6) is -0.971. The van der Waals surface area contributed by atoms with Crippen LogP contribution in [0.25, 0.3) is 0 Å². The van der Waals surface area contributed by atoms with Crippen molar-refractivity contribution in [3.8, 4) is 0 Å². The van der Waals surface area contributed by atoms with Crippen LogP contribution in [0.15, 0.2) is 0 Å². The Labute approximate surface area is 109 Å². The number of rotatable bonds is 7. The third-order valence-corrected chi connectivity index (χ3v) is 3.59. The summed E-state index contributed by atoms with van der Waals surface area (Å²) in [6, 6.07) is 0. The van der Waals surface area contributed by atoms with Crippen molar-refractivity contribution in [2.45, 2.75) is 51.5 Å². The molecule has 1 heterocycles. The minimum atomic E-state index is -1.04. The van der Waals surface area contributed by atoms with Gasteiger partial charge in [0.15, 0.2) is 5.54 Å². The van der Waals surface area contributed by atoms with Crippen LogP contribution in [0.2, 0.25) is 0 Å². The number of aliphatic carboxylic acids is 1. The van der Waals surface area contributed by atoms with Gasteiger partial charge >= 0.3 is 5.97 Å². The molecule has 1 fully saturated rings. The second-order valence-electron chi connectivity index (χ2n) is 4.94. The molecule has 2 N–H and O–H groups in total. The summed E-state index contributed by atoms with van der Waals surface area (Å²) in [6.45, 7) is 5.24. The topological polar surface area (TPSA) is 69.6 Å². The number of unbranched alkanes of at least 4 members (excludes halogenated alkanes) is 2. The molecule has 5 nitrogen and oxygen atoms in total. The van der Waals surface area contributed by atoms with Crippen molar-refractivity contribution in [3.05, 3.63) is 0 Å². The molecule has 1 atom stereocenters. The van der Waals surface area contributed by atoms with Crippen LogP contribution in [0, 0.1) is 0 Å². The summed E-state index contributed by atoms with van der Waals surface area (Å²) in [7, 11) is 0. The van der Waals surface area contributed by atoms with Gasteiger partial charge in [-0.1, -0.05) is 33.1 Å². The highest BCUT2D eigenvalue weighted by Crippen LogP contribution is 2.26. The zero-order valence-corrected chi connectivity index (χ0v) is 11.4. The number of nitrogens with one attached hydrogen (secondary N) is 1. The molecule has 1 unspecified atom stereocenters. The predicted octanol–water partition coefficient (Wildman–Crippen LogP) is 1.23. The van der Waals surface area contributed by atoms with E-state index < -0.39 is 11.5 Å². The Hall–Kier alpha value is -1.10. The van der Waals surface area contributed by atoms with Gasteiger partial charge in [-0.05, 0) is 12.8 Å². The van der Waals surface area contributed by atoms with Crippen LogP contribution in [0.3, 0.4) is 0 Å². The fraction of sp³-hybridized carbons (Fsp3) is 0.846. The molecule has 5 heteroatoms. The van der Waals surface area contributed by atoms with E-state index in [0.29, 0.717) is 19.5 Å². The van der Waals surface area contributed by atoms with E-state index in [-0.39, 0.29) is 12.5 Å². The molecule has 1 rings (SSSR count). The second-order valence-corrected chi connectivity index (χ2v) is 4.94. The van der Waals surface area contributed by atoms with E-state index in [0.717, 1.165) is 25.7 Å². The zero-order valence-electron chi connectivity index (χ0n) is 11.4. The molecule has 0 aromatic heterocycles. The summed E-state index contributed by atoms with van der Waals surface area (Å²) in [4.78, 5) is 25.2. The van der Waals surface area contributed by atoms with Gasteiger partial charge in [-0.3, -0.25) is 4.79 Å². The van der Waals surface area contributed by atoms with Crippen molar-refractivity contribution >= 4 is 11.9 Å². The lowest BCUT2D eigenvalue weighted by molar-refractivity contribution is -0.162. The summed E-state index contributed by atoms with van der Waals surface area (Å²) >= 11 is 0. The molecule has 1 saturated heterocycles. The third kappa shape index (κ3) is 3.02. The number of amides is 1. The monoisotopic (exact) mass is 256 g/mol. The van der Waals surface area contributed by atoms with Crippen LogP contribution in [0.5, 0.6) is 0 Å². The molecule has 0 aromatic rings. The van der Waals surface area contributed by atoms with E-state index in [9.17, 15) is 14.7 Å². The Morgan fingerprint density at radius 1 is 1.39 bits per heavy atom. The van der Waals surface area contributed by atoms with Gasteiger partial charge in [0.25, 0.3) is 0 Å². The predicted molar refractivity (Wildman–Crippen MR) is 69.4 cm³/mol. The van der Waals surface area contributed by atoms with Gasteiger partial charge in [0.05, 0.1) is 6.54 Å². The maximum absolute atomic E-state index is 12.0. The minimum absolute atomic E-state index is 0.0896. The summed E-state index contributed by atoms with van der Waals surface area (Å²) in [5.41, 5.74) is -1.04. The van der Waals surface area contributed by atoms with Gasteiger partial charge in [0.1, 0.15) is 0 Å². The Balaban J connectivity index is 2.92. The highest BCUT2D eigenvalue weighted by atomic mass is 16.4. The first kappa shape index (κ1) is 15.0. The molecule has 0 radical (unpaired) electrons. The van der Waals surface area contributed by atoms with Crippen LogP contribution in [0.1, 0.15) is 46.0 Å². The molecular weight excluding hydrogens is 232 g/mol. The quantitative estimate of drug-likeness (QED) is 0.719. The first-order chi connectivity index (χ1) is 8.58. The molecule has 1 aliphatic rings. The van der Waals surface area contributed by atoms with Crippen molar-refractivity contribution in [1.29, 1.82) is 0 Å². The van der Waals surface area contributed by atoms with Gasteiger partial charge in [-0.25, -0.2) is 4.79 Å². The van der Waals surface area contributed by atoms with E-state index in [2.05, 4.69) is 5.32 Å². The first-order valence-corrected chi connectivity index (χ1v) is 6.83. The van der Waals surface area contributed by atoms with Crippen LogP contribution in [-0.2, 0) is 9.59 Å². The average molecular weight is 256 g/mol. The number of carbonyl (C=O) groups excluding carboxylic acids is 1. The highest BCUT2D eigenvalue weighted by Gasteiger charge is 2.47. The fourth-order valence-corrected chi connectivity index (χ4v) is 2.45. The van der Waals surface area contributed by atoms with Crippen molar-refractivity contribution in [1.82, 2.24) is 10.2 Å². The second kappa shape index (κ2) is 6.73. The Morgan fingerprint density at radius 2 is 2.06 bits per heavy atom. The molecule has 0 aromatic carbocycles. The first-order valence-electron chi connectivity index (χ1n) is 6.83. The maximum Gasteiger partial charge on any atom is 0.330 e. The lowest BCUT2D eigenvalue weighted by Gasteiger charge is -2.44. The lowest BCUT2D eigenvalue weighted by Crippen LogP contribution is -2.67. The maximum atomic E-state index is 12.0. The molecule has 1 aliphatic heterocycles. The van der Waals surface area contributed by atoms with E-state index >= 15 is 0 Å². The smallest absolute Gasteiger partial charge is 0.330 e. The zero-order chi connectivity index (χ0) is 13.6. The van der Waals surface area contributed by atoms with Crippen LogP contribution in [-0.4, -0.2) is 47.1 Å². The normalized spacial score (nSPS) is 24.3. The third-order valence-electron chi connectivity index (χ3n) is 3.59. The number of carboxylic acids is 1. The van der Waals surface area contributed by atoms with Crippen molar-refractivity contribution in [2.24, 2.45) is 0 Å². The number of nitrogens with zero attached hydrogens (tertiary/aromatic N) is 1. The summed E-state index contributed by atoms with van der Waals surface area (Å²) < 4.78 is 0. The van der Waals surface area contributed by atoms with Crippen LogP contribution >= 0.6 is 0 Å². The number of hydrogen-bond acceptors (Lipinski definition) is 3. The molecule has 1 amide bonds.